The lowest BCUT2D eigenvalue weighted by molar-refractivity contribution is 1.21. The van der Waals surface area contributed by atoms with E-state index in [0.717, 1.165) is 0 Å². The topological polar surface area (TPSA) is 0 Å². The molecule has 0 aliphatic rings. The van der Waals surface area contributed by atoms with Crippen LogP contribution in [0.4, 0.5) is 0 Å². The first kappa shape index (κ1) is 8.28. The highest BCUT2D eigenvalue weighted by atomic mass is 28.2. The molecule has 0 heterocycles. The fraction of sp³-hybridized carbons (Fsp3) is 0.200. The van der Waals surface area contributed by atoms with Crippen LogP contribution in [0.2, 0.25) is 6.04 Å². The van der Waals surface area contributed by atoms with Crippen molar-refractivity contribution in [3.05, 3.63) is 43.0 Å². The molecule has 0 aliphatic carbocycles. The molecular formula is C10H14Si. The summed E-state index contributed by atoms with van der Waals surface area (Å²) in [7, 11) is 0.00634. The lowest BCUT2D eigenvalue weighted by Crippen LogP contribution is -2.11. The summed E-state index contributed by atoms with van der Waals surface area (Å²) in [4.78, 5) is 0. The maximum Gasteiger partial charge on any atom is 0.0550 e. The summed E-state index contributed by atoms with van der Waals surface area (Å²) in [6, 6.07) is 12.1. The van der Waals surface area contributed by atoms with Gasteiger partial charge in [-0.15, -0.1) is 6.58 Å². The number of hydrogen-bond donors (Lipinski definition) is 0. The van der Waals surface area contributed by atoms with Gasteiger partial charge in [-0.25, -0.2) is 0 Å². The van der Waals surface area contributed by atoms with E-state index in [1.807, 2.05) is 6.08 Å². The molecule has 0 saturated carbocycles. The zero-order chi connectivity index (χ0) is 7.94. The standard InChI is InChI=1S/C10H14Si/c1-2-3-9-11-10-7-5-4-6-8-10/h2,4-8H,1,3,9,11H2. The van der Waals surface area contributed by atoms with Gasteiger partial charge >= 0.3 is 0 Å². The van der Waals surface area contributed by atoms with Gasteiger partial charge in [0.2, 0.25) is 0 Å². The summed E-state index contributed by atoms with van der Waals surface area (Å²) in [6.07, 6.45) is 3.19. The molecule has 1 aromatic carbocycles. The quantitative estimate of drug-likeness (QED) is 0.357. The monoisotopic (exact) mass is 162 g/mol. The number of rotatable bonds is 4. The van der Waals surface area contributed by atoms with Crippen molar-refractivity contribution in [1.82, 2.24) is 0 Å². The highest BCUT2D eigenvalue weighted by molar-refractivity contribution is 6.53. The predicted octanol–water partition coefficient (Wildman–Crippen LogP) is 1.48. The largest absolute Gasteiger partial charge is 0.103 e. The van der Waals surface area contributed by atoms with E-state index in [2.05, 4.69) is 36.9 Å². The molecule has 0 aliphatic heterocycles. The van der Waals surface area contributed by atoms with Gasteiger partial charge in [-0.05, 0) is 6.42 Å². The van der Waals surface area contributed by atoms with Gasteiger partial charge in [-0.2, -0.15) is 0 Å². The normalized spacial score (nSPS) is 10.5. The van der Waals surface area contributed by atoms with Crippen LogP contribution in [0.25, 0.3) is 0 Å². The maximum absolute atomic E-state index is 3.71. The number of hydrogen-bond acceptors (Lipinski definition) is 0. The lowest BCUT2D eigenvalue weighted by atomic mass is 10.4. The first-order valence-electron chi connectivity index (χ1n) is 4.08. The molecule has 0 radical (unpaired) electrons. The SMILES string of the molecule is C=CCC[SiH2]c1ccccc1. The Morgan fingerprint density at radius 1 is 1.27 bits per heavy atom. The molecule has 0 saturated heterocycles. The Labute approximate surface area is 70.8 Å². The van der Waals surface area contributed by atoms with Gasteiger partial charge < -0.3 is 0 Å². The van der Waals surface area contributed by atoms with Gasteiger partial charge in [0, 0.05) is 0 Å². The minimum atomic E-state index is 0.00634. The summed E-state index contributed by atoms with van der Waals surface area (Å²) in [5.74, 6) is 0. The van der Waals surface area contributed by atoms with Gasteiger partial charge in [0.1, 0.15) is 0 Å². The van der Waals surface area contributed by atoms with Crippen LogP contribution in [0.1, 0.15) is 6.42 Å². The van der Waals surface area contributed by atoms with E-state index in [4.69, 9.17) is 0 Å². The van der Waals surface area contributed by atoms with Gasteiger partial charge in [0.05, 0.1) is 9.52 Å². The molecule has 1 aromatic rings. The fourth-order valence-electron chi connectivity index (χ4n) is 1.10. The smallest absolute Gasteiger partial charge is 0.0550 e. The summed E-state index contributed by atoms with van der Waals surface area (Å²) >= 11 is 0. The zero-order valence-electron chi connectivity index (χ0n) is 6.79. The van der Waals surface area contributed by atoms with Crippen molar-refractivity contribution >= 4 is 14.7 Å². The molecule has 0 amide bonds. The van der Waals surface area contributed by atoms with E-state index in [0.29, 0.717) is 0 Å². The van der Waals surface area contributed by atoms with Crippen LogP contribution in [-0.2, 0) is 0 Å². The Morgan fingerprint density at radius 2 is 2.00 bits per heavy atom. The Balaban J connectivity index is 2.33. The van der Waals surface area contributed by atoms with Gasteiger partial charge in [0.25, 0.3) is 0 Å². The molecule has 0 atom stereocenters. The van der Waals surface area contributed by atoms with Crippen molar-refractivity contribution in [2.75, 3.05) is 0 Å². The van der Waals surface area contributed by atoms with Crippen molar-refractivity contribution in [2.24, 2.45) is 0 Å². The highest BCUT2D eigenvalue weighted by Gasteiger charge is 1.89. The first-order valence-corrected chi connectivity index (χ1v) is 5.79. The second-order valence-corrected chi connectivity index (χ2v) is 4.69. The number of benzene rings is 1. The highest BCUT2D eigenvalue weighted by Crippen LogP contribution is 1.89. The maximum atomic E-state index is 3.71. The molecule has 11 heavy (non-hydrogen) atoms. The Kier molecular flexibility index (Phi) is 3.69. The molecule has 0 spiro atoms. The molecule has 0 unspecified atom stereocenters. The minimum Gasteiger partial charge on any atom is -0.103 e. The molecule has 58 valence electrons. The molecule has 0 nitrogen and oxygen atoms in total. The van der Waals surface area contributed by atoms with Crippen LogP contribution >= 0.6 is 0 Å². The van der Waals surface area contributed by atoms with Crippen molar-refractivity contribution < 1.29 is 0 Å². The van der Waals surface area contributed by atoms with Crippen molar-refractivity contribution in [3.8, 4) is 0 Å². The molecule has 0 N–H and O–H groups in total. The van der Waals surface area contributed by atoms with Crippen molar-refractivity contribution in [1.29, 1.82) is 0 Å². The third-order valence-electron chi connectivity index (χ3n) is 1.72. The zero-order valence-corrected chi connectivity index (χ0v) is 8.21. The van der Waals surface area contributed by atoms with Crippen molar-refractivity contribution in [2.45, 2.75) is 12.5 Å². The van der Waals surface area contributed by atoms with Gasteiger partial charge in [-0.3, -0.25) is 0 Å². The molecule has 0 bridgehead atoms. The van der Waals surface area contributed by atoms with E-state index in [-0.39, 0.29) is 9.52 Å². The molecule has 0 aromatic heterocycles. The summed E-state index contributed by atoms with van der Waals surface area (Å²) < 4.78 is 0. The average Bonchev–Trinajstić information content (AvgIpc) is 2.07. The second-order valence-electron chi connectivity index (χ2n) is 2.67. The van der Waals surface area contributed by atoms with E-state index in [1.165, 1.54) is 12.5 Å². The fourth-order valence-corrected chi connectivity index (χ4v) is 2.60. The third kappa shape index (κ3) is 3.19. The van der Waals surface area contributed by atoms with Crippen LogP contribution in [-0.4, -0.2) is 9.52 Å². The summed E-state index contributed by atoms with van der Waals surface area (Å²) in [6.45, 7) is 3.71. The Bertz CT molecular complexity index is 203. The van der Waals surface area contributed by atoms with Crippen LogP contribution in [0, 0.1) is 0 Å². The predicted molar refractivity (Wildman–Crippen MR) is 54.2 cm³/mol. The van der Waals surface area contributed by atoms with E-state index < -0.39 is 0 Å². The Hall–Kier alpha value is -0.823. The summed E-state index contributed by atoms with van der Waals surface area (Å²) in [5, 5.41) is 1.56. The molecule has 1 rings (SSSR count). The second kappa shape index (κ2) is 4.91. The van der Waals surface area contributed by atoms with Crippen molar-refractivity contribution in [3.63, 3.8) is 0 Å². The molecule has 1 heteroatoms. The molecular weight excluding hydrogens is 148 g/mol. The van der Waals surface area contributed by atoms with Gasteiger partial charge in [0.15, 0.2) is 0 Å². The van der Waals surface area contributed by atoms with Crippen LogP contribution in [0.3, 0.4) is 0 Å². The average molecular weight is 162 g/mol. The van der Waals surface area contributed by atoms with Gasteiger partial charge in [-0.1, -0.05) is 47.6 Å². The van der Waals surface area contributed by atoms with E-state index in [9.17, 15) is 0 Å². The van der Waals surface area contributed by atoms with Crippen LogP contribution in [0.5, 0.6) is 0 Å². The van der Waals surface area contributed by atoms with Crippen LogP contribution < -0.4 is 5.19 Å². The lowest BCUT2D eigenvalue weighted by Gasteiger charge is -1.96. The Morgan fingerprint density at radius 3 is 2.64 bits per heavy atom. The van der Waals surface area contributed by atoms with E-state index >= 15 is 0 Å². The molecule has 0 fully saturated rings. The first-order chi connectivity index (χ1) is 5.43. The minimum absolute atomic E-state index is 0.00634. The van der Waals surface area contributed by atoms with Crippen LogP contribution in [0.15, 0.2) is 43.0 Å². The number of allylic oxidation sites excluding steroid dienone is 1. The summed E-state index contributed by atoms with van der Waals surface area (Å²) in [5.41, 5.74) is 0. The van der Waals surface area contributed by atoms with E-state index in [1.54, 1.807) is 5.19 Å². The third-order valence-corrected chi connectivity index (χ3v) is 3.53.